The maximum atomic E-state index is 11.3. The molecule has 0 bridgehead atoms. The Kier molecular flexibility index (Phi) is 4.10. The first kappa shape index (κ1) is 13.9. The van der Waals surface area contributed by atoms with Crippen LogP contribution in [0.1, 0.15) is 28.8 Å². The maximum Gasteiger partial charge on any atom is 0.337 e. The van der Waals surface area contributed by atoms with E-state index in [4.69, 9.17) is 0 Å². The van der Waals surface area contributed by atoms with Gasteiger partial charge in [0.1, 0.15) is 0 Å². The summed E-state index contributed by atoms with van der Waals surface area (Å²) in [5.74, 6) is -0.856. The average molecular weight is 262 g/mol. The van der Waals surface area contributed by atoms with Gasteiger partial charge in [-0.3, -0.25) is 0 Å². The number of anilines is 1. The van der Waals surface area contributed by atoms with Crippen LogP contribution in [0.2, 0.25) is 0 Å². The summed E-state index contributed by atoms with van der Waals surface area (Å²) < 4.78 is 0. The van der Waals surface area contributed by atoms with Crippen molar-refractivity contribution < 1.29 is 9.90 Å². The number of benzene rings is 1. The molecule has 0 amide bonds. The minimum atomic E-state index is -0.856. The lowest BCUT2D eigenvalue weighted by Crippen LogP contribution is -2.45. The van der Waals surface area contributed by atoms with Crippen molar-refractivity contribution in [3.8, 4) is 0 Å². The molecule has 104 valence electrons. The molecule has 0 saturated carbocycles. The second-order valence-corrected chi connectivity index (χ2v) is 5.49. The first-order chi connectivity index (χ1) is 8.99. The average Bonchev–Trinajstić information content (AvgIpc) is 2.37. The van der Waals surface area contributed by atoms with Crippen LogP contribution in [0.3, 0.4) is 0 Å². The topological polar surface area (TPSA) is 43.8 Å². The molecule has 1 aliphatic rings. The Morgan fingerprint density at radius 1 is 1.47 bits per heavy atom. The summed E-state index contributed by atoms with van der Waals surface area (Å²) in [5.41, 5.74) is 2.31. The van der Waals surface area contributed by atoms with E-state index in [1.54, 1.807) is 6.07 Å². The number of likely N-dealkylation sites (N-methyl/N-ethyl adjacent to an activating group) is 2. The van der Waals surface area contributed by atoms with Crippen LogP contribution in [0.15, 0.2) is 18.2 Å². The lowest BCUT2D eigenvalue weighted by atomic mass is 10.0. The van der Waals surface area contributed by atoms with Crippen molar-refractivity contribution in [1.29, 1.82) is 0 Å². The van der Waals surface area contributed by atoms with Gasteiger partial charge in [0.05, 0.1) is 11.3 Å². The summed E-state index contributed by atoms with van der Waals surface area (Å²) in [6, 6.07) is 5.92. The Labute approximate surface area is 114 Å². The van der Waals surface area contributed by atoms with Crippen molar-refractivity contribution in [2.24, 2.45) is 0 Å². The van der Waals surface area contributed by atoms with Crippen LogP contribution >= 0.6 is 0 Å². The van der Waals surface area contributed by atoms with Gasteiger partial charge in [0, 0.05) is 19.6 Å². The summed E-state index contributed by atoms with van der Waals surface area (Å²) in [7, 11) is 4.12. The zero-order valence-electron chi connectivity index (χ0n) is 11.9. The molecule has 19 heavy (non-hydrogen) atoms. The molecule has 1 saturated heterocycles. The molecule has 4 heteroatoms. The van der Waals surface area contributed by atoms with Gasteiger partial charge >= 0.3 is 5.97 Å². The van der Waals surface area contributed by atoms with Gasteiger partial charge in [0.25, 0.3) is 0 Å². The summed E-state index contributed by atoms with van der Waals surface area (Å²) >= 11 is 0. The highest BCUT2D eigenvalue weighted by Gasteiger charge is 2.24. The van der Waals surface area contributed by atoms with Gasteiger partial charge in [0.15, 0.2) is 0 Å². The SMILES string of the molecule is Cc1ccc(C(=O)O)c(N(C)C2CCCN(C)C2)c1. The third-order valence-electron chi connectivity index (χ3n) is 3.91. The van der Waals surface area contributed by atoms with E-state index in [2.05, 4.69) is 16.8 Å². The Balaban J connectivity index is 2.29. The molecular formula is C15H22N2O2. The zero-order valence-corrected chi connectivity index (χ0v) is 11.9. The van der Waals surface area contributed by atoms with Crippen molar-refractivity contribution in [2.45, 2.75) is 25.8 Å². The molecular weight excluding hydrogens is 240 g/mol. The van der Waals surface area contributed by atoms with E-state index in [9.17, 15) is 9.90 Å². The quantitative estimate of drug-likeness (QED) is 0.907. The third-order valence-corrected chi connectivity index (χ3v) is 3.91. The van der Waals surface area contributed by atoms with Gasteiger partial charge in [-0.15, -0.1) is 0 Å². The molecule has 1 heterocycles. The number of nitrogens with zero attached hydrogens (tertiary/aromatic N) is 2. The fourth-order valence-corrected chi connectivity index (χ4v) is 2.77. The van der Waals surface area contributed by atoms with Crippen LogP contribution in [-0.4, -0.2) is 49.2 Å². The van der Waals surface area contributed by atoms with Gasteiger partial charge in [0.2, 0.25) is 0 Å². The molecule has 1 aromatic carbocycles. The van der Waals surface area contributed by atoms with E-state index in [-0.39, 0.29) is 0 Å². The van der Waals surface area contributed by atoms with Gasteiger partial charge in [-0.1, -0.05) is 6.07 Å². The van der Waals surface area contributed by atoms with E-state index < -0.39 is 5.97 Å². The van der Waals surface area contributed by atoms with Gasteiger partial charge < -0.3 is 14.9 Å². The zero-order chi connectivity index (χ0) is 14.0. The van der Waals surface area contributed by atoms with Crippen LogP contribution in [0.5, 0.6) is 0 Å². The number of aryl methyl sites for hydroxylation is 1. The highest BCUT2D eigenvalue weighted by Crippen LogP contribution is 2.26. The molecule has 0 aromatic heterocycles. The Morgan fingerprint density at radius 2 is 2.21 bits per heavy atom. The van der Waals surface area contributed by atoms with Crippen LogP contribution in [-0.2, 0) is 0 Å². The van der Waals surface area contributed by atoms with E-state index >= 15 is 0 Å². The molecule has 4 nitrogen and oxygen atoms in total. The Bertz CT molecular complexity index is 473. The first-order valence-corrected chi connectivity index (χ1v) is 6.74. The molecule has 2 rings (SSSR count). The number of rotatable bonds is 3. The van der Waals surface area contributed by atoms with Crippen molar-refractivity contribution in [2.75, 3.05) is 32.1 Å². The minimum Gasteiger partial charge on any atom is -0.478 e. The van der Waals surface area contributed by atoms with E-state index in [0.29, 0.717) is 11.6 Å². The number of likely N-dealkylation sites (tertiary alicyclic amines) is 1. The highest BCUT2D eigenvalue weighted by molar-refractivity contribution is 5.94. The monoisotopic (exact) mass is 262 g/mol. The molecule has 1 unspecified atom stereocenters. The van der Waals surface area contributed by atoms with E-state index in [1.807, 2.05) is 26.1 Å². The smallest absolute Gasteiger partial charge is 0.337 e. The number of carboxylic acid groups (broad SMARTS) is 1. The lowest BCUT2D eigenvalue weighted by Gasteiger charge is -2.37. The number of hydrogen-bond donors (Lipinski definition) is 1. The van der Waals surface area contributed by atoms with Crippen molar-refractivity contribution in [1.82, 2.24) is 4.90 Å². The summed E-state index contributed by atoms with van der Waals surface area (Å²) in [6.45, 7) is 4.11. The van der Waals surface area contributed by atoms with Gasteiger partial charge in [-0.25, -0.2) is 4.79 Å². The molecule has 0 radical (unpaired) electrons. The fraction of sp³-hybridized carbons (Fsp3) is 0.533. The highest BCUT2D eigenvalue weighted by atomic mass is 16.4. The van der Waals surface area contributed by atoms with Crippen LogP contribution in [0.25, 0.3) is 0 Å². The lowest BCUT2D eigenvalue weighted by molar-refractivity contribution is 0.0697. The molecule has 1 fully saturated rings. The number of piperidine rings is 1. The molecule has 1 N–H and O–H groups in total. The minimum absolute atomic E-state index is 0.388. The van der Waals surface area contributed by atoms with Crippen molar-refractivity contribution in [3.63, 3.8) is 0 Å². The predicted octanol–water partition coefficient (Wildman–Crippen LogP) is 2.22. The van der Waals surface area contributed by atoms with Crippen molar-refractivity contribution >= 4 is 11.7 Å². The first-order valence-electron chi connectivity index (χ1n) is 6.74. The molecule has 1 aromatic rings. The molecule has 1 aliphatic heterocycles. The second-order valence-electron chi connectivity index (χ2n) is 5.49. The van der Waals surface area contributed by atoms with Crippen LogP contribution in [0, 0.1) is 6.92 Å². The number of hydrogen-bond acceptors (Lipinski definition) is 3. The number of carbonyl (C=O) groups is 1. The number of aromatic carboxylic acids is 1. The summed E-state index contributed by atoms with van der Waals surface area (Å²) in [4.78, 5) is 15.8. The van der Waals surface area contributed by atoms with Crippen LogP contribution < -0.4 is 4.90 Å². The fourth-order valence-electron chi connectivity index (χ4n) is 2.77. The Morgan fingerprint density at radius 3 is 2.84 bits per heavy atom. The second kappa shape index (κ2) is 5.61. The third kappa shape index (κ3) is 3.07. The van der Waals surface area contributed by atoms with E-state index in [1.165, 1.54) is 6.42 Å². The normalized spacial score (nSPS) is 20.3. The van der Waals surface area contributed by atoms with E-state index in [0.717, 1.165) is 30.8 Å². The molecule has 0 spiro atoms. The predicted molar refractivity (Wildman–Crippen MR) is 77.1 cm³/mol. The summed E-state index contributed by atoms with van der Waals surface area (Å²) in [6.07, 6.45) is 2.29. The standard InChI is InChI=1S/C15H22N2O2/c1-11-6-7-13(15(18)19)14(9-11)17(3)12-5-4-8-16(2)10-12/h6-7,9,12H,4-5,8,10H2,1-3H3,(H,18,19). The molecule has 1 atom stereocenters. The summed E-state index contributed by atoms with van der Waals surface area (Å²) in [5, 5.41) is 9.32. The molecule has 0 aliphatic carbocycles. The largest absolute Gasteiger partial charge is 0.478 e. The number of carboxylic acids is 1. The van der Waals surface area contributed by atoms with Gasteiger partial charge in [-0.05, 0) is 51.1 Å². The Hall–Kier alpha value is -1.55. The van der Waals surface area contributed by atoms with Crippen molar-refractivity contribution in [3.05, 3.63) is 29.3 Å². The van der Waals surface area contributed by atoms with Crippen LogP contribution in [0.4, 0.5) is 5.69 Å². The maximum absolute atomic E-state index is 11.3. The van der Waals surface area contributed by atoms with Gasteiger partial charge in [-0.2, -0.15) is 0 Å².